The van der Waals surface area contributed by atoms with Crippen LogP contribution < -0.4 is 4.74 Å². The van der Waals surface area contributed by atoms with Crippen molar-refractivity contribution in [3.63, 3.8) is 0 Å². The molecule has 20 heavy (non-hydrogen) atoms. The normalized spacial score (nSPS) is 10.6. The van der Waals surface area contributed by atoms with Crippen molar-refractivity contribution in [2.45, 2.75) is 20.3 Å². The number of hydrogen-bond acceptors (Lipinski definition) is 3. The van der Waals surface area contributed by atoms with E-state index in [9.17, 15) is 4.79 Å². The minimum Gasteiger partial charge on any atom is -0.496 e. The number of aromatic nitrogens is 2. The molecule has 2 rings (SSSR count). The van der Waals surface area contributed by atoms with Gasteiger partial charge in [0.15, 0.2) is 0 Å². The van der Waals surface area contributed by atoms with Crippen LogP contribution >= 0.6 is 0 Å². The molecule has 0 saturated carbocycles. The zero-order valence-corrected chi connectivity index (χ0v) is 12.1. The van der Waals surface area contributed by atoms with Gasteiger partial charge in [-0.15, -0.1) is 0 Å². The molecule has 0 bridgehead atoms. The van der Waals surface area contributed by atoms with E-state index < -0.39 is 5.97 Å². The number of rotatable bonds is 4. The number of carboxylic acid groups (broad SMARTS) is 1. The van der Waals surface area contributed by atoms with Crippen LogP contribution in [0.25, 0.3) is 11.3 Å². The molecule has 106 valence electrons. The van der Waals surface area contributed by atoms with E-state index in [1.54, 1.807) is 24.9 Å². The smallest absolute Gasteiger partial charge is 0.309 e. The third kappa shape index (κ3) is 2.66. The number of aliphatic carboxylic acids is 1. The molecule has 1 aromatic heterocycles. The summed E-state index contributed by atoms with van der Waals surface area (Å²) in [7, 11) is 3.44. The van der Waals surface area contributed by atoms with E-state index in [-0.39, 0.29) is 6.42 Å². The van der Waals surface area contributed by atoms with Gasteiger partial charge in [0.05, 0.1) is 24.9 Å². The second-order valence-electron chi connectivity index (χ2n) is 4.88. The Morgan fingerprint density at radius 2 is 2.05 bits per heavy atom. The van der Waals surface area contributed by atoms with E-state index in [2.05, 4.69) is 11.2 Å². The van der Waals surface area contributed by atoms with Crippen LogP contribution in [0, 0.1) is 13.8 Å². The van der Waals surface area contributed by atoms with E-state index in [0.717, 1.165) is 28.1 Å². The van der Waals surface area contributed by atoms with Gasteiger partial charge in [-0.05, 0) is 37.1 Å². The number of ether oxygens (including phenoxy) is 1. The summed E-state index contributed by atoms with van der Waals surface area (Å²) in [5.41, 5.74) is 4.49. The highest BCUT2D eigenvalue weighted by Crippen LogP contribution is 2.34. The third-order valence-electron chi connectivity index (χ3n) is 3.16. The fourth-order valence-corrected chi connectivity index (χ4v) is 2.44. The number of nitrogens with zero attached hydrogens (tertiary/aromatic N) is 2. The first-order chi connectivity index (χ1) is 9.42. The van der Waals surface area contributed by atoms with Gasteiger partial charge in [-0.25, -0.2) is 0 Å². The lowest BCUT2D eigenvalue weighted by Crippen LogP contribution is -2.01. The minimum absolute atomic E-state index is 0.0824. The number of aryl methyl sites for hydroxylation is 3. The third-order valence-corrected chi connectivity index (χ3v) is 3.16. The molecule has 0 unspecified atom stereocenters. The van der Waals surface area contributed by atoms with Crippen molar-refractivity contribution in [1.29, 1.82) is 0 Å². The zero-order valence-electron chi connectivity index (χ0n) is 12.1. The average molecular weight is 274 g/mol. The van der Waals surface area contributed by atoms with Crippen LogP contribution in [0.1, 0.15) is 16.8 Å². The molecule has 2 aromatic rings. The number of carboxylic acids is 1. The van der Waals surface area contributed by atoms with Crippen LogP contribution in [-0.2, 0) is 18.3 Å². The SMILES string of the molecule is COc1c(C)cc(C)cc1-c1cc(CC(=O)O)nn1C. The van der Waals surface area contributed by atoms with Gasteiger partial charge in [0.2, 0.25) is 0 Å². The monoisotopic (exact) mass is 274 g/mol. The molecule has 0 aliphatic rings. The van der Waals surface area contributed by atoms with Crippen LogP contribution in [0.2, 0.25) is 0 Å². The molecule has 0 atom stereocenters. The molecule has 5 heteroatoms. The minimum atomic E-state index is -0.887. The summed E-state index contributed by atoms with van der Waals surface area (Å²) >= 11 is 0. The first kappa shape index (κ1) is 14.1. The Morgan fingerprint density at radius 3 is 2.65 bits per heavy atom. The van der Waals surface area contributed by atoms with Crippen LogP contribution in [-0.4, -0.2) is 28.0 Å². The lowest BCUT2D eigenvalue weighted by Gasteiger charge is -2.12. The maximum atomic E-state index is 10.8. The first-order valence-electron chi connectivity index (χ1n) is 6.32. The summed E-state index contributed by atoms with van der Waals surface area (Å²) < 4.78 is 7.16. The van der Waals surface area contributed by atoms with Gasteiger partial charge >= 0.3 is 5.97 Å². The van der Waals surface area contributed by atoms with Gasteiger partial charge in [-0.2, -0.15) is 5.10 Å². The van der Waals surface area contributed by atoms with Crippen LogP contribution in [0.4, 0.5) is 0 Å². The molecule has 0 amide bonds. The molecule has 1 N–H and O–H groups in total. The van der Waals surface area contributed by atoms with Crippen molar-refractivity contribution < 1.29 is 14.6 Å². The predicted molar refractivity (Wildman–Crippen MR) is 76.0 cm³/mol. The molecule has 0 aliphatic heterocycles. The summed E-state index contributed by atoms with van der Waals surface area (Å²) in [6.07, 6.45) is -0.0824. The fraction of sp³-hybridized carbons (Fsp3) is 0.333. The zero-order chi connectivity index (χ0) is 14.9. The highest BCUT2D eigenvalue weighted by molar-refractivity contribution is 5.73. The van der Waals surface area contributed by atoms with E-state index in [1.807, 2.05) is 19.9 Å². The lowest BCUT2D eigenvalue weighted by molar-refractivity contribution is -0.136. The van der Waals surface area contributed by atoms with Crippen molar-refractivity contribution in [1.82, 2.24) is 9.78 Å². The molecule has 0 spiro atoms. The van der Waals surface area contributed by atoms with E-state index >= 15 is 0 Å². The standard InChI is InChI=1S/C15H18N2O3/c1-9-5-10(2)15(20-4)12(6-9)13-7-11(8-14(18)19)16-17(13)3/h5-7H,8H2,1-4H3,(H,18,19). The van der Waals surface area contributed by atoms with Gasteiger partial charge in [0.25, 0.3) is 0 Å². The van der Waals surface area contributed by atoms with Crippen molar-refractivity contribution in [2.24, 2.45) is 7.05 Å². The number of methoxy groups -OCH3 is 1. The Balaban J connectivity index is 2.56. The fourth-order valence-electron chi connectivity index (χ4n) is 2.44. The second kappa shape index (κ2) is 5.36. The van der Waals surface area contributed by atoms with Gasteiger partial charge < -0.3 is 9.84 Å². The quantitative estimate of drug-likeness (QED) is 0.929. The van der Waals surface area contributed by atoms with E-state index in [0.29, 0.717) is 5.69 Å². The second-order valence-corrected chi connectivity index (χ2v) is 4.88. The largest absolute Gasteiger partial charge is 0.496 e. The van der Waals surface area contributed by atoms with Crippen molar-refractivity contribution in [3.8, 4) is 17.0 Å². The molecule has 1 aromatic carbocycles. The Kier molecular flexibility index (Phi) is 3.79. The molecule has 0 aliphatic carbocycles. The Hall–Kier alpha value is -2.30. The molecule has 1 heterocycles. The van der Waals surface area contributed by atoms with Gasteiger partial charge in [-0.1, -0.05) is 6.07 Å². The van der Waals surface area contributed by atoms with E-state index in [4.69, 9.17) is 9.84 Å². The first-order valence-corrected chi connectivity index (χ1v) is 6.32. The van der Waals surface area contributed by atoms with Gasteiger partial charge in [0, 0.05) is 12.6 Å². The molecule has 0 saturated heterocycles. The lowest BCUT2D eigenvalue weighted by atomic mass is 10.0. The summed E-state index contributed by atoms with van der Waals surface area (Å²) in [6, 6.07) is 5.87. The van der Waals surface area contributed by atoms with Crippen LogP contribution in [0.5, 0.6) is 5.75 Å². The summed E-state index contributed by atoms with van der Waals surface area (Å²) in [5.74, 6) is -0.0949. The summed E-state index contributed by atoms with van der Waals surface area (Å²) in [5, 5.41) is 13.1. The highest BCUT2D eigenvalue weighted by Gasteiger charge is 2.15. The average Bonchev–Trinajstić information content (AvgIpc) is 2.68. The Labute approximate surface area is 117 Å². The van der Waals surface area contributed by atoms with Crippen LogP contribution in [0.3, 0.4) is 0 Å². The van der Waals surface area contributed by atoms with Crippen molar-refractivity contribution in [3.05, 3.63) is 35.0 Å². The molecule has 5 nitrogen and oxygen atoms in total. The number of hydrogen-bond donors (Lipinski definition) is 1. The topological polar surface area (TPSA) is 64.3 Å². The number of benzene rings is 1. The van der Waals surface area contributed by atoms with Crippen LogP contribution in [0.15, 0.2) is 18.2 Å². The van der Waals surface area contributed by atoms with Crippen molar-refractivity contribution in [2.75, 3.05) is 7.11 Å². The summed E-state index contributed by atoms with van der Waals surface area (Å²) in [6.45, 7) is 4.01. The maximum absolute atomic E-state index is 10.8. The van der Waals surface area contributed by atoms with Gasteiger partial charge in [-0.3, -0.25) is 9.48 Å². The molecule has 0 fully saturated rings. The molecule has 0 radical (unpaired) electrons. The Morgan fingerprint density at radius 1 is 1.35 bits per heavy atom. The predicted octanol–water partition coefficient (Wildman–Crippen LogP) is 2.34. The molecular weight excluding hydrogens is 256 g/mol. The maximum Gasteiger partial charge on any atom is 0.309 e. The van der Waals surface area contributed by atoms with Crippen molar-refractivity contribution >= 4 is 5.97 Å². The highest BCUT2D eigenvalue weighted by atomic mass is 16.5. The van der Waals surface area contributed by atoms with E-state index in [1.165, 1.54) is 0 Å². The number of carbonyl (C=O) groups is 1. The summed E-state index contributed by atoms with van der Waals surface area (Å²) in [4.78, 5) is 10.8. The Bertz CT molecular complexity index is 659. The molecular formula is C15H18N2O3. The van der Waals surface area contributed by atoms with Gasteiger partial charge in [0.1, 0.15) is 5.75 Å².